The number of nitrogens with zero attached hydrogens (tertiary/aromatic N) is 5. The second-order valence-corrected chi connectivity index (χ2v) is 7.14. The lowest BCUT2D eigenvalue weighted by Gasteiger charge is -2.20. The molecule has 0 spiro atoms. The van der Waals surface area contributed by atoms with E-state index in [-0.39, 0.29) is 0 Å². The zero-order valence-corrected chi connectivity index (χ0v) is 19.6. The molecular formula is C27H31N5O. The van der Waals surface area contributed by atoms with E-state index in [9.17, 15) is 0 Å². The average molecular weight is 442 g/mol. The van der Waals surface area contributed by atoms with Gasteiger partial charge in [0.05, 0.1) is 30.5 Å². The van der Waals surface area contributed by atoms with E-state index in [1.165, 1.54) is 11.1 Å². The van der Waals surface area contributed by atoms with Crippen LogP contribution in [0.2, 0.25) is 0 Å². The molecule has 0 saturated carbocycles. The Morgan fingerprint density at radius 2 is 1.91 bits per heavy atom. The van der Waals surface area contributed by atoms with Gasteiger partial charge < -0.3 is 4.74 Å². The summed E-state index contributed by atoms with van der Waals surface area (Å²) in [5.74, 6) is 0.812. The minimum absolute atomic E-state index is 0.642. The molecule has 3 aromatic rings. The molecule has 0 bridgehead atoms. The number of aromatic nitrogens is 3. The second-order valence-electron chi connectivity index (χ2n) is 7.14. The Morgan fingerprint density at radius 3 is 2.48 bits per heavy atom. The fourth-order valence-electron chi connectivity index (χ4n) is 2.92. The van der Waals surface area contributed by atoms with Crippen LogP contribution in [0.1, 0.15) is 30.3 Å². The number of allylic oxidation sites excluding steroid dienone is 4. The molecule has 2 aromatic carbocycles. The zero-order valence-electron chi connectivity index (χ0n) is 19.6. The molecule has 0 atom stereocenters. The van der Waals surface area contributed by atoms with Crippen LogP contribution in [0.5, 0.6) is 0 Å². The summed E-state index contributed by atoms with van der Waals surface area (Å²) in [7, 11) is 1.91. The molecule has 0 saturated heterocycles. The first kappa shape index (κ1) is 25.3. The standard InChI is InChI=1S/C16H20O.C11H11N5/c1-3-9-15(4-2)12-8-13-17-14-16-10-6-5-7-11-16;1-9-14-13-8-16(9)15(2)11-5-3-10(7-12)4-6-11/h3,5-12H,1,4,13-14H2,2H3;3-6,8H,1-2H3/b12-8-,15-9-;. The van der Waals surface area contributed by atoms with Gasteiger partial charge in [-0.15, -0.1) is 10.2 Å². The van der Waals surface area contributed by atoms with Gasteiger partial charge >= 0.3 is 0 Å². The van der Waals surface area contributed by atoms with Gasteiger partial charge in [-0.25, -0.2) is 4.68 Å². The maximum atomic E-state index is 8.71. The molecule has 0 N–H and O–H groups in total. The zero-order chi connectivity index (χ0) is 23.9. The van der Waals surface area contributed by atoms with Crippen molar-refractivity contribution in [2.45, 2.75) is 26.9 Å². The van der Waals surface area contributed by atoms with Crippen molar-refractivity contribution in [3.05, 3.63) is 114 Å². The number of nitriles is 1. The molecule has 0 fully saturated rings. The molecule has 1 aromatic heterocycles. The second kappa shape index (κ2) is 14.2. The first-order valence-electron chi connectivity index (χ1n) is 10.8. The molecular weight excluding hydrogens is 410 g/mol. The Balaban J connectivity index is 0.000000234. The number of benzene rings is 2. The predicted octanol–water partition coefficient (Wildman–Crippen LogP) is 5.64. The summed E-state index contributed by atoms with van der Waals surface area (Å²) in [6.07, 6.45) is 10.6. The summed E-state index contributed by atoms with van der Waals surface area (Å²) in [4.78, 5) is 0. The Hall–Kier alpha value is -3.95. The number of anilines is 1. The quantitative estimate of drug-likeness (QED) is 0.318. The maximum Gasteiger partial charge on any atom is 0.149 e. The van der Waals surface area contributed by atoms with E-state index in [0.717, 1.165) is 17.9 Å². The highest BCUT2D eigenvalue weighted by molar-refractivity contribution is 5.48. The molecule has 0 unspecified atom stereocenters. The molecule has 6 nitrogen and oxygen atoms in total. The van der Waals surface area contributed by atoms with Crippen LogP contribution in [0, 0.1) is 18.3 Å². The van der Waals surface area contributed by atoms with E-state index in [0.29, 0.717) is 18.8 Å². The van der Waals surface area contributed by atoms with Gasteiger partial charge in [0.2, 0.25) is 0 Å². The molecule has 6 heteroatoms. The van der Waals surface area contributed by atoms with E-state index in [4.69, 9.17) is 10.00 Å². The van der Waals surface area contributed by atoms with Crippen molar-refractivity contribution in [3.63, 3.8) is 0 Å². The molecule has 0 aliphatic rings. The first-order chi connectivity index (χ1) is 16.1. The van der Waals surface area contributed by atoms with Crippen molar-refractivity contribution in [2.24, 2.45) is 0 Å². The Kier molecular flexibility index (Phi) is 10.9. The van der Waals surface area contributed by atoms with Crippen molar-refractivity contribution in [1.82, 2.24) is 14.9 Å². The summed E-state index contributed by atoms with van der Waals surface area (Å²) in [6.45, 7) is 9.01. The van der Waals surface area contributed by atoms with Gasteiger partial charge in [0.15, 0.2) is 0 Å². The predicted molar refractivity (Wildman–Crippen MR) is 134 cm³/mol. The van der Waals surface area contributed by atoms with E-state index >= 15 is 0 Å². The van der Waals surface area contributed by atoms with Crippen molar-refractivity contribution < 1.29 is 4.74 Å². The Bertz CT molecular complexity index is 1080. The van der Waals surface area contributed by atoms with Crippen LogP contribution in [0.25, 0.3) is 0 Å². The van der Waals surface area contributed by atoms with Gasteiger partial charge in [-0.3, -0.25) is 5.01 Å². The fourth-order valence-corrected chi connectivity index (χ4v) is 2.92. The molecule has 1 heterocycles. The maximum absolute atomic E-state index is 8.71. The fraction of sp³-hybridized carbons (Fsp3) is 0.222. The molecule has 0 amide bonds. The largest absolute Gasteiger partial charge is 0.373 e. The van der Waals surface area contributed by atoms with Gasteiger partial charge in [-0.1, -0.05) is 68.1 Å². The first-order valence-corrected chi connectivity index (χ1v) is 10.8. The lowest BCUT2D eigenvalue weighted by atomic mass is 10.2. The molecule has 33 heavy (non-hydrogen) atoms. The smallest absolute Gasteiger partial charge is 0.149 e. The third-order valence-corrected chi connectivity index (χ3v) is 4.79. The molecule has 3 rings (SSSR count). The number of hydrogen-bond donors (Lipinski definition) is 0. The van der Waals surface area contributed by atoms with Crippen LogP contribution in [0.3, 0.4) is 0 Å². The van der Waals surface area contributed by atoms with Crippen LogP contribution in [0.4, 0.5) is 5.69 Å². The van der Waals surface area contributed by atoms with Crippen LogP contribution in [-0.4, -0.2) is 28.5 Å². The lowest BCUT2D eigenvalue weighted by Crippen LogP contribution is -2.24. The average Bonchev–Trinajstić information content (AvgIpc) is 3.29. The number of aryl methyl sites for hydroxylation is 1. The minimum atomic E-state index is 0.642. The van der Waals surface area contributed by atoms with Crippen molar-refractivity contribution in [3.8, 4) is 6.07 Å². The summed E-state index contributed by atoms with van der Waals surface area (Å²) in [5, 5.41) is 18.4. The molecule has 0 radical (unpaired) electrons. The number of rotatable bonds is 9. The Morgan fingerprint density at radius 1 is 1.18 bits per heavy atom. The van der Waals surface area contributed by atoms with Crippen molar-refractivity contribution in [2.75, 3.05) is 18.7 Å². The summed E-state index contributed by atoms with van der Waals surface area (Å²) in [6, 6.07) is 19.6. The van der Waals surface area contributed by atoms with Crippen molar-refractivity contribution >= 4 is 5.69 Å². The van der Waals surface area contributed by atoms with E-state index in [1.54, 1.807) is 18.5 Å². The van der Waals surface area contributed by atoms with Gasteiger partial charge in [0.25, 0.3) is 0 Å². The molecule has 170 valence electrons. The van der Waals surface area contributed by atoms with Gasteiger partial charge in [0.1, 0.15) is 12.2 Å². The third-order valence-electron chi connectivity index (χ3n) is 4.79. The summed E-state index contributed by atoms with van der Waals surface area (Å²) < 4.78 is 7.39. The van der Waals surface area contributed by atoms with E-state index in [2.05, 4.69) is 48.0 Å². The molecule has 0 aliphatic heterocycles. The van der Waals surface area contributed by atoms with E-state index in [1.807, 2.05) is 72.2 Å². The minimum Gasteiger partial charge on any atom is -0.373 e. The van der Waals surface area contributed by atoms with Gasteiger partial charge in [-0.05, 0) is 48.7 Å². The lowest BCUT2D eigenvalue weighted by molar-refractivity contribution is 0.148. The topological polar surface area (TPSA) is 67.0 Å². The Labute approximate surface area is 196 Å². The highest BCUT2D eigenvalue weighted by Gasteiger charge is 2.06. The summed E-state index contributed by atoms with van der Waals surface area (Å²) in [5.41, 5.74) is 4.10. The van der Waals surface area contributed by atoms with E-state index < -0.39 is 0 Å². The summed E-state index contributed by atoms with van der Waals surface area (Å²) >= 11 is 0. The van der Waals surface area contributed by atoms with Gasteiger partial charge in [-0.2, -0.15) is 5.26 Å². The molecule has 0 aliphatic carbocycles. The number of ether oxygens (including phenoxy) is 1. The highest BCUT2D eigenvalue weighted by atomic mass is 16.5. The SMILES string of the molecule is C=C/C=C(\C=C/COCc1ccccc1)CC.Cc1nncn1N(C)c1ccc(C#N)cc1. The van der Waals surface area contributed by atoms with Crippen LogP contribution in [0.15, 0.2) is 97.4 Å². The monoisotopic (exact) mass is 441 g/mol. The van der Waals surface area contributed by atoms with Crippen molar-refractivity contribution in [1.29, 1.82) is 5.26 Å². The normalized spacial score (nSPS) is 10.9. The van der Waals surface area contributed by atoms with Gasteiger partial charge in [0, 0.05) is 7.05 Å². The highest BCUT2D eigenvalue weighted by Crippen LogP contribution is 2.14. The van der Waals surface area contributed by atoms with Crippen LogP contribution >= 0.6 is 0 Å². The van der Waals surface area contributed by atoms with Crippen LogP contribution < -0.4 is 5.01 Å². The van der Waals surface area contributed by atoms with Crippen LogP contribution in [-0.2, 0) is 11.3 Å². The third kappa shape index (κ3) is 8.60. The number of hydrogen-bond acceptors (Lipinski definition) is 5.